The molecule has 0 saturated heterocycles. The number of hydrogen-bond donors (Lipinski definition) is 1. The zero-order chi connectivity index (χ0) is 10.0. The Labute approximate surface area is 86.7 Å². The molecule has 6 heteroatoms. The second-order valence-corrected chi connectivity index (χ2v) is 3.31. The first-order valence-electron chi connectivity index (χ1n) is 3.20. The fraction of sp³-hybridized carbons (Fsp3) is 0.143. The first-order chi connectivity index (χ1) is 6.06. The normalized spacial score (nSPS) is 10.1. The van der Waals surface area contributed by atoms with Gasteiger partial charge in [0.1, 0.15) is 9.77 Å². The van der Waals surface area contributed by atoms with Crippen molar-refractivity contribution in [3.8, 4) is 6.07 Å². The van der Waals surface area contributed by atoms with Gasteiger partial charge in [-0.15, -0.1) is 0 Å². The van der Waals surface area contributed by atoms with Crippen LogP contribution in [0.4, 0.5) is 14.5 Å². The summed E-state index contributed by atoms with van der Waals surface area (Å²) in [7, 11) is 0. The minimum Gasteiger partial charge on any atom is -0.396 e. The second-order valence-electron chi connectivity index (χ2n) is 2.21. The average Bonchev–Trinajstić information content (AvgIpc) is 2.08. The van der Waals surface area contributed by atoms with Gasteiger partial charge in [0.15, 0.2) is 5.69 Å². The summed E-state index contributed by atoms with van der Waals surface area (Å²) in [6, 6.07) is 2.83. The smallest absolute Gasteiger partial charge is 0.266 e. The fourth-order valence-electron chi connectivity index (χ4n) is 0.808. The van der Waals surface area contributed by atoms with Crippen molar-refractivity contribution in [1.29, 1.82) is 5.26 Å². The maximum atomic E-state index is 12.3. The molecule has 0 radical (unpaired) electrons. The minimum absolute atomic E-state index is 0.151. The summed E-state index contributed by atoms with van der Waals surface area (Å²) >= 11 is 1.75. The van der Waals surface area contributed by atoms with E-state index in [1.165, 1.54) is 6.07 Å². The van der Waals surface area contributed by atoms with Crippen LogP contribution in [0.2, 0.25) is 0 Å². The lowest BCUT2D eigenvalue weighted by Crippen LogP contribution is -2.02. The van der Waals surface area contributed by atoms with E-state index in [0.717, 1.165) is 0 Å². The molecule has 0 fully saturated rings. The molecule has 0 bridgehead atoms. The summed E-state index contributed by atoms with van der Waals surface area (Å²) in [5.41, 5.74) is 4.57. The Balaban J connectivity index is 3.38. The van der Waals surface area contributed by atoms with Crippen molar-refractivity contribution in [3.63, 3.8) is 0 Å². The lowest BCUT2D eigenvalue weighted by atomic mass is 10.2. The highest BCUT2D eigenvalue weighted by molar-refractivity contribution is 14.1. The molecule has 0 saturated carbocycles. The summed E-state index contributed by atoms with van der Waals surface area (Å²) < 4.78 is 24.9. The number of nitrogens with zero attached hydrogens (tertiary/aromatic N) is 2. The van der Waals surface area contributed by atoms with E-state index in [9.17, 15) is 8.78 Å². The number of nitriles is 1. The van der Waals surface area contributed by atoms with Crippen LogP contribution in [0.25, 0.3) is 0 Å². The van der Waals surface area contributed by atoms with Gasteiger partial charge in [-0.1, -0.05) is 0 Å². The molecule has 0 unspecified atom stereocenters. The molecule has 0 aromatic carbocycles. The number of pyridine rings is 1. The van der Waals surface area contributed by atoms with Crippen LogP contribution in [-0.4, -0.2) is 4.98 Å². The third-order valence-corrected chi connectivity index (χ3v) is 1.95. The second kappa shape index (κ2) is 3.83. The van der Waals surface area contributed by atoms with Crippen molar-refractivity contribution in [3.05, 3.63) is 21.0 Å². The van der Waals surface area contributed by atoms with E-state index < -0.39 is 6.43 Å². The molecule has 1 heterocycles. The summed E-state index contributed by atoms with van der Waals surface area (Å²) in [6.45, 7) is 0. The molecule has 2 N–H and O–H groups in total. The van der Waals surface area contributed by atoms with E-state index in [0.29, 0.717) is 3.70 Å². The zero-order valence-corrected chi connectivity index (χ0v) is 8.42. The van der Waals surface area contributed by atoms with Crippen molar-refractivity contribution in [1.82, 2.24) is 4.98 Å². The highest BCUT2D eigenvalue weighted by atomic mass is 127. The number of rotatable bonds is 1. The first kappa shape index (κ1) is 10.1. The van der Waals surface area contributed by atoms with Crippen LogP contribution in [0.15, 0.2) is 6.07 Å². The molecule has 3 nitrogen and oxygen atoms in total. The summed E-state index contributed by atoms with van der Waals surface area (Å²) in [5.74, 6) is 0. The van der Waals surface area contributed by atoms with E-state index in [-0.39, 0.29) is 16.9 Å². The minimum atomic E-state index is -2.68. The molecule has 0 atom stereocenters. The Bertz CT molecular complexity index is 373. The lowest BCUT2D eigenvalue weighted by molar-refractivity contribution is 0.152. The summed E-state index contributed by atoms with van der Waals surface area (Å²) in [5, 5.41) is 8.51. The number of halogens is 3. The van der Waals surface area contributed by atoms with Crippen LogP contribution < -0.4 is 5.73 Å². The van der Waals surface area contributed by atoms with Gasteiger partial charge in [0.05, 0.1) is 5.69 Å². The van der Waals surface area contributed by atoms with Crippen molar-refractivity contribution in [2.24, 2.45) is 0 Å². The van der Waals surface area contributed by atoms with Crippen molar-refractivity contribution in [2.75, 3.05) is 5.73 Å². The number of aromatic nitrogens is 1. The molecular formula is C7H4F2IN3. The third-order valence-electron chi connectivity index (χ3n) is 1.40. The van der Waals surface area contributed by atoms with Gasteiger partial charge in [0.25, 0.3) is 6.43 Å². The lowest BCUT2D eigenvalue weighted by Gasteiger charge is -2.05. The van der Waals surface area contributed by atoms with E-state index >= 15 is 0 Å². The molecule has 13 heavy (non-hydrogen) atoms. The van der Waals surface area contributed by atoms with E-state index in [2.05, 4.69) is 4.98 Å². The molecule has 0 spiro atoms. The molecule has 0 aliphatic rings. The molecule has 1 aromatic heterocycles. The number of anilines is 1. The van der Waals surface area contributed by atoms with Crippen LogP contribution in [0.5, 0.6) is 0 Å². The molecule has 0 aliphatic heterocycles. The molecular weight excluding hydrogens is 291 g/mol. The third kappa shape index (κ3) is 2.03. The number of nitrogen functional groups attached to an aromatic ring is 1. The Hall–Kier alpha value is -0.970. The van der Waals surface area contributed by atoms with Crippen molar-refractivity contribution >= 4 is 28.3 Å². The zero-order valence-electron chi connectivity index (χ0n) is 6.26. The molecule has 0 amide bonds. The van der Waals surface area contributed by atoms with Gasteiger partial charge in [-0.3, -0.25) is 0 Å². The van der Waals surface area contributed by atoms with E-state index in [1.807, 2.05) is 0 Å². The number of alkyl halides is 2. The largest absolute Gasteiger partial charge is 0.396 e. The van der Waals surface area contributed by atoms with Gasteiger partial charge in [0.2, 0.25) is 0 Å². The van der Waals surface area contributed by atoms with E-state index in [1.54, 1.807) is 28.7 Å². The fourth-order valence-corrected chi connectivity index (χ4v) is 1.38. The molecule has 1 aromatic rings. The van der Waals surface area contributed by atoms with Crippen molar-refractivity contribution in [2.45, 2.75) is 6.43 Å². The average molecular weight is 295 g/mol. The van der Waals surface area contributed by atoms with Gasteiger partial charge in [0, 0.05) is 5.56 Å². The Morgan fingerprint density at radius 2 is 2.23 bits per heavy atom. The van der Waals surface area contributed by atoms with E-state index in [4.69, 9.17) is 11.0 Å². The SMILES string of the molecule is N#Cc1nc(I)cc(C(F)F)c1N. The van der Waals surface area contributed by atoms with Gasteiger partial charge in [-0.25, -0.2) is 13.8 Å². The van der Waals surface area contributed by atoms with Gasteiger partial charge >= 0.3 is 0 Å². The Morgan fingerprint density at radius 1 is 1.62 bits per heavy atom. The Morgan fingerprint density at radius 3 is 2.69 bits per heavy atom. The number of hydrogen-bond acceptors (Lipinski definition) is 3. The van der Waals surface area contributed by atoms with Crippen LogP contribution in [0.3, 0.4) is 0 Å². The van der Waals surface area contributed by atoms with Gasteiger partial charge in [-0.2, -0.15) is 5.26 Å². The highest BCUT2D eigenvalue weighted by Gasteiger charge is 2.16. The molecule has 0 aliphatic carbocycles. The van der Waals surface area contributed by atoms with Gasteiger partial charge in [-0.05, 0) is 28.7 Å². The first-order valence-corrected chi connectivity index (χ1v) is 4.28. The topological polar surface area (TPSA) is 62.7 Å². The van der Waals surface area contributed by atoms with Crippen LogP contribution in [-0.2, 0) is 0 Å². The summed E-state index contributed by atoms with van der Waals surface area (Å²) in [6.07, 6.45) is -2.68. The van der Waals surface area contributed by atoms with Crippen molar-refractivity contribution < 1.29 is 8.78 Å². The van der Waals surface area contributed by atoms with Crippen LogP contribution >= 0.6 is 22.6 Å². The molecule has 1 rings (SSSR count). The number of nitrogens with two attached hydrogens (primary N) is 1. The van der Waals surface area contributed by atoms with Crippen LogP contribution in [0.1, 0.15) is 17.7 Å². The predicted octanol–water partition coefficient (Wildman–Crippen LogP) is 2.08. The predicted molar refractivity (Wildman–Crippen MR) is 51.0 cm³/mol. The molecule has 68 valence electrons. The highest BCUT2D eigenvalue weighted by Crippen LogP contribution is 2.27. The maximum Gasteiger partial charge on any atom is 0.266 e. The Kier molecular flexibility index (Phi) is 2.98. The monoisotopic (exact) mass is 295 g/mol. The summed E-state index contributed by atoms with van der Waals surface area (Å²) in [4.78, 5) is 3.70. The van der Waals surface area contributed by atoms with Gasteiger partial charge < -0.3 is 5.73 Å². The standard InChI is InChI=1S/C7H4F2IN3/c8-7(9)3-1-5(10)13-4(2-11)6(3)12/h1,7H,12H2. The van der Waals surface area contributed by atoms with Crippen LogP contribution in [0, 0.1) is 15.0 Å². The maximum absolute atomic E-state index is 12.3. The quantitative estimate of drug-likeness (QED) is 0.637.